The zero-order valence-electron chi connectivity index (χ0n) is 13.7. The zero-order chi connectivity index (χ0) is 15.4. The van der Waals surface area contributed by atoms with Crippen molar-refractivity contribution in [2.24, 2.45) is 16.7 Å². The molecule has 112 valence electrons. The van der Waals surface area contributed by atoms with Gasteiger partial charge in [0.2, 0.25) is 0 Å². The molecule has 0 amide bonds. The Bertz CT molecular complexity index is 691. The molecule has 1 heterocycles. The molecule has 2 nitrogen and oxygen atoms in total. The van der Waals surface area contributed by atoms with Gasteiger partial charge < -0.3 is 4.57 Å². The summed E-state index contributed by atoms with van der Waals surface area (Å²) >= 11 is 0. The second-order valence-corrected chi connectivity index (χ2v) is 7.49. The summed E-state index contributed by atoms with van der Waals surface area (Å²) in [5.74, 6) is 0.446. The van der Waals surface area contributed by atoms with E-state index in [1.54, 1.807) is 0 Å². The molecule has 2 aromatic rings. The Morgan fingerprint density at radius 2 is 1.76 bits per heavy atom. The van der Waals surface area contributed by atoms with Gasteiger partial charge in [-0.05, 0) is 23.3 Å². The van der Waals surface area contributed by atoms with E-state index in [1.807, 2.05) is 12.1 Å². The molecule has 21 heavy (non-hydrogen) atoms. The van der Waals surface area contributed by atoms with Gasteiger partial charge in [0.05, 0.1) is 0 Å². The molecule has 1 aromatic carbocycles. The van der Waals surface area contributed by atoms with Crippen LogP contribution in [0.4, 0.5) is 0 Å². The molecule has 0 saturated heterocycles. The standard InChI is InChI=1S/C19H25NO/c1-6-11-20-12-14(13-9-7-8-10-15(13)20)16(21)17-18(2,3)19(17,4)5/h7-10,12,17H,6,11H2,1-5H3. The molecule has 0 radical (unpaired) electrons. The number of ketones is 1. The number of nitrogens with zero attached hydrogens (tertiary/aromatic N) is 1. The number of aromatic nitrogens is 1. The Morgan fingerprint density at radius 1 is 1.14 bits per heavy atom. The smallest absolute Gasteiger partial charge is 0.169 e. The lowest BCUT2D eigenvalue weighted by molar-refractivity contribution is 0.0946. The summed E-state index contributed by atoms with van der Waals surface area (Å²) < 4.78 is 2.23. The van der Waals surface area contributed by atoms with Crippen LogP contribution in [0.5, 0.6) is 0 Å². The topological polar surface area (TPSA) is 22.0 Å². The van der Waals surface area contributed by atoms with Crippen LogP contribution >= 0.6 is 0 Å². The number of Topliss-reactive ketones (excluding diaryl/α,β-unsaturated/α-hetero) is 1. The number of hydrogen-bond acceptors (Lipinski definition) is 1. The molecule has 0 atom stereocenters. The fourth-order valence-electron chi connectivity index (χ4n) is 3.88. The molecule has 0 aliphatic heterocycles. The number of benzene rings is 1. The third-order valence-corrected chi connectivity index (χ3v) is 5.80. The summed E-state index contributed by atoms with van der Waals surface area (Å²) in [7, 11) is 0. The van der Waals surface area contributed by atoms with Gasteiger partial charge in [0.25, 0.3) is 0 Å². The normalized spacial score (nSPS) is 19.9. The lowest BCUT2D eigenvalue weighted by Gasteiger charge is -2.03. The average Bonchev–Trinajstić information content (AvgIpc) is 2.72. The van der Waals surface area contributed by atoms with Crippen LogP contribution in [0.1, 0.15) is 51.4 Å². The molecule has 0 unspecified atom stereocenters. The van der Waals surface area contributed by atoms with E-state index in [4.69, 9.17) is 0 Å². The Labute approximate surface area is 127 Å². The molecule has 3 rings (SSSR count). The van der Waals surface area contributed by atoms with E-state index in [2.05, 4.69) is 57.5 Å². The number of carbonyl (C=O) groups excluding carboxylic acids is 1. The maximum atomic E-state index is 13.1. The number of rotatable bonds is 4. The van der Waals surface area contributed by atoms with E-state index in [-0.39, 0.29) is 16.7 Å². The Balaban J connectivity index is 2.08. The highest BCUT2D eigenvalue weighted by Gasteiger charge is 2.68. The minimum absolute atomic E-state index is 0.0953. The summed E-state index contributed by atoms with van der Waals surface area (Å²) in [6, 6.07) is 8.27. The molecule has 1 aromatic heterocycles. The van der Waals surface area contributed by atoms with Gasteiger partial charge in [0, 0.05) is 35.1 Å². The summed E-state index contributed by atoms with van der Waals surface area (Å²) in [6.07, 6.45) is 3.15. The molecule has 1 aliphatic carbocycles. The number of para-hydroxylation sites is 1. The molecular weight excluding hydrogens is 258 g/mol. The van der Waals surface area contributed by atoms with Crippen LogP contribution in [0.15, 0.2) is 30.5 Å². The maximum Gasteiger partial charge on any atom is 0.169 e. The van der Waals surface area contributed by atoms with Crippen LogP contribution in [0.2, 0.25) is 0 Å². The van der Waals surface area contributed by atoms with Crippen LogP contribution < -0.4 is 0 Å². The number of aryl methyl sites for hydroxylation is 1. The lowest BCUT2D eigenvalue weighted by Crippen LogP contribution is -2.07. The van der Waals surface area contributed by atoms with Crippen molar-refractivity contribution in [1.82, 2.24) is 4.57 Å². The van der Waals surface area contributed by atoms with Gasteiger partial charge in [0.15, 0.2) is 5.78 Å². The molecule has 0 spiro atoms. The summed E-state index contributed by atoms with van der Waals surface area (Å²) in [4.78, 5) is 13.1. The van der Waals surface area contributed by atoms with E-state index in [0.29, 0.717) is 5.78 Å². The molecule has 0 bridgehead atoms. The predicted octanol–water partition coefficient (Wildman–Crippen LogP) is 4.92. The Kier molecular flexibility index (Phi) is 3.05. The van der Waals surface area contributed by atoms with E-state index in [1.165, 1.54) is 5.52 Å². The summed E-state index contributed by atoms with van der Waals surface area (Å²) in [6.45, 7) is 12.0. The van der Waals surface area contributed by atoms with Crippen molar-refractivity contribution < 1.29 is 4.79 Å². The predicted molar refractivity (Wildman–Crippen MR) is 87.6 cm³/mol. The van der Waals surface area contributed by atoms with Gasteiger partial charge in [-0.3, -0.25) is 4.79 Å². The SMILES string of the molecule is CCCn1cc(C(=O)C2C(C)(C)C2(C)C)c2ccccc21. The van der Waals surface area contributed by atoms with E-state index in [9.17, 15) is 4.79 Å². The highest BCUT2D eigenvalue weighted by atomic mass is 16.1. The van der Waals surface area contributed by atoms with E-state index in [0.717, 1.165) is 23.9 Å². The number of fused-ring (bicyclic) bond motifs is 1. The first-order valence-corrected chi connectivity index (χ1v) is 7.94. The fourth-order valence-corrected chi connectivity index (χ4v) is 3.88. The van der Waals surface area contributed by atoms with E-state index >= 15 is 0 Å². The Hall–Kier alpha value is -1.57. The molecular formula is C19H25NO. The third-order valence-electron chi connectivity index (χ3n) is 5.80. The van der Waals surface area contributed by atoms with Gasteiger partial charge in [0.1, 0.15) is 0 Å². The van der Waals surface area contributed by atoms with Crippen LogP contribution in [0.3, 0.4) is 0 Å². The van der Waals surface area contributed by atoms with Crippen molar-refractivity contribution in [1.29, 1.82) is 0 Å². The van der Waals surface area contributed by atoms with Gasteiger partial charge in [-0.2, -0.15) is 0 Å². The van der Waals surface area contributed by atoms with Gasteiger partial charge >= 0.3 is 0 Å². The average molecular weight is 283 g/mol. The minimum Gasteiger partial charge on any atom is -0.347 e. The first-order chi connectivity index (χ1) is 9.82. The molecule has 1 saturated carbocycles. The highest BCUT2D eigenvalue weighted by Crippen LogP contribution is 2.69. The Morgan fingerprint density at radius 3 is 2.33 bits per heavy atom. The molecule has 2 heteroatoms. The lowest BCUT2D eigenvalue weighted by atomic mass is 10.0. The molecule has 1 aliphatic rings. The highest BCUT2D eigenvalue weighted by molar-refractivity contribution is 6.11. The van der Waals surface area contributed by atoms with Crippen molar-refractivity contribution >= 4 is 16.7 Å². The van der Waals surface area contributed by atoms with Crippen molar-refractivity contribution in [3.8, 4) is 0 Å². The zero-order valence-corrected chi connectivity index (χ0v) is 13.7. The van der Waals surface area contributed by atoms with Gasteiger partial charge in [-0.1, -0.05) is 52.8 Å². The van der Waals surface area contributed by atoms with Crippen LogP contribution in [0.25, 0.3) is 10.9 Å². The number of carbonyl (C=O) groups is 1. The van der Waals surface area contributed by atoms with Crippen molar-refractivity contribution in [2.45, 2.75) is 47.6 Å². The second-order valence-electron chi connectivity index (χ2n) is 7.49. The summed E-state index contributed by atoms with van der Waals surface area (Å²) in [5.41, 5.74) is 2.28. The number of hydrogen-bond donors (Lipinski definition) is 0. The quantitative estimate of drug-likeness (QED) is 0.730. The van der Waals surface area contributed by atoms with Crippen LogP contribution in [-0.4, -0.2) is 10.4 Å². The monoisotopic (exact) mass is 283 g/mol. The first kappa shape index (κ1) is 14.4. The maximum absolute atomic E-state index is 13.1. The van der Waals surface area contributed by atoms with Crippen molar-refractivity contribution in [3.05, 3.63) is 36.0 Å². The molecule has 0 N–H and O–H groups in total. The van der Waals surface area contributed by atoms with E-state index < -0.39 is 0 Å². The fraction of sp³-hybridized carbons (Fsp3) is 0.526. The van der Waals surface area contributed by atoms with Crippen LogP contribution in [0, 0.1) is 16.7 Å². The van der Waals surface area contributed by atoms with Crippen LogP contribution in [-0.2, 0) is 6.54 Å². The van der Waals surface area contributed by atoms with Crippen molar-refractivity contribution in [2.75, 3.05) is 0 Å². The first-order valence-electron chi connectivity index (χ1n) is 7.94. The largest absolute Gasteiger partial charge is 0.347 e. The van der Waals surface area contributed by atoms with Gasteiger partial charge in [-0.15, -0.1) is 0 Å². The van der Waals surface area contributed by atoms with Gasteiger partial charge in [-0.25, -0.2) is 0 Å². The van der Waals surface area contributed by atoms with Crippen molar-refractivity contribution in [3.63, 3.8) is 0 Å². The minimum atomic E-state index is 0.0953. The summed E-state index contributed by atoms with van der Waals surface area (Å²) in [5, 5.41) is 1.11. The second kappa shape index (κ2) is 4.46. The third kappa shape index (κ3) is 1.88. The molecule has 1 fully saturated rings.